The van der Waals surface area contributed by atoms with Gasteiger partial charge in [-0.1, -0.05) is 0 Å². The van der Waals surface area contributed by atoms with Gasteiger partial charge in [0.2, 0.25) is 0 Å². The summed E-state index contributed by atoms with van der Waals surface area (Å²) in [5.74, 6) is 0. The maximum Gasteiger partial charge on any atom is 0.0672 e. The lowest BCUT2D eigenvalue weighted by atomic mass is 10.1. The Morgan fingerprint density at radius 2 is 2.44 bits per heavy atom. The van der Waals surface area contributed by atoms with Crippen molar-refractivity contribution in [3.63, 3.8) is 0 Å². The Kier molecular flexibility index (Phi) is 3.06. The third-order valence-electron chi connectivity index (χ3n) is 3.42. The predicted octanol–water partition coefficient (Wildman–Crippen LogP) is 2.13. The first-order valence-corrected chi connectivity index (χ1v) is 6.41. The zero-order valence-corrected chi connectivity index (χ0v) is 10.3. The largest absolute Gasteiger partial charge is 0.397 e. The van der Waals surface area contributed by atoms with Crippen LogP contribution in [0.25, 0.3) is 10.9 Å². The monoisotopic (exact) mass is 246 g/mol. The van der Waals surface area contributed by atoms with Crippen LogP contribution in [0.4, 0.5) is 11.4 Å². The van der Waals surface area contributed by atoms with E-state index in [2.05, 4.69) is 15.5 Å². The number of H-pyrrole nitrogens is 1. The number of nitrogens with zero attached hydrogens (tertiary/aromatic N) is 1. The molecule has 0 amide bonds. The fourth-order valence-corrected chi connectivity index (χ4v) is 2.40. The van der Waals surface area contributed by atoms with Gasteiger partial charge in [0.05, 0.1) is 29.2 Å². The fourth-order valence-electron chi connectivity index (χ4n) is 2.40. The van der Waals surface area contributed by atoms with Crippen LogP contribution >= 0.6 is 0 Å². The van der Waals surface area contributed by atoms with Gasteiger partial charge in [-0.15, -0.1) is 0 Å². The molecule has 0 saturated carbocycles. The summed E-state index contributed by atoms with van der Waals surface area (Å²) in [6.45, 7) is 1.79. The topological polar surface area (TPSA) is 76.0 Å². The van der Waals surface area contributed by atoms with E-state index in [0.29, 0.717) is 6.10 Å². The van der Waals surface area contributed by atoms with E-state index < -0.39 is 0 Å². The molecule has 1 aliphatic rings. The summed E-state index contributed by atoms with van der Waals surface area (Å²) in [6.07, 6.45) is 5.58. The molecule has 4 N–H and O–H groups in total. The van der Waals surface area contributed by atoms with Gasteiger partial charge in [-0.05, 0) is 31.4 Å². The Morgan fingerprint density at radius 3 is 3.28 bits per heavy atom. The quantitative estimate of drug-likeness (QED) is 0.722. The molecule has 18 heavy (non-hydrogen) atoms. The molecule has 0 radical (unpaired) electrons. The minimum absolute atomic E-state index is 0.412. The molecule has 1 saturated heterocycles. The maximum atomic E-state index is 6.00. The van der Waals surface area contributed by atoms with Crippen LogP contribution in [0.5, 0.6) is 0 Å². The first-order valence-electron chi connectivity index (χ1n) is 6.41. The molecule has 0 aliphatic carbocycles. The van der Waals surface area contributed by atoms with Gasteiger partial charge in [-0.3, -0.25) is 5.10 Å². The lowest BCUT2D eigenvalue weighted by Gasteiger charge is -2.12. The number of hydrogen-bond donors (Lipinski definition) is 3. The average Bonchev–Trinajstić information content (AvgIpc) is 3.00. The van der Waals surface area contributed by atoms with Gasteiger partial charge in [-0.25, -0.2) is 0 Å². The lowest BCUT2D eigenvalue weighted by molar-refractivity contribution is 0.107. The van der Waals surface area contributed by atoms with E-state index in [-0.39, 0.29) is 0 Å². The molecule has 0 spiro atoms. The molecule has 2 heterocycles. The number of rotatable bonds is 4. The van der Waals surface area contributed by atoms with Crippen LogP contribution in [0, 0.1) is 0 Å². The number of aromatic amines is 1. The van der Waals surface area contributed by atoms with Crippen molar-refractivity contribution in [1.82, 2.24) is 10.2 Å². The molecule has 1 aromatic carbocycles. The van der Waals surface area contributed by atoms with E-state index in [1.165, 1.54) is 12.8 Å². The molecule has 3 rings (SSSR count). The Bertz CT molecular complexity index is 531. The summed E-state index contributed by atoms with van der Waals surface area (Å²) in [5, 5.41) is 11.4. The third-order valence-corrected chi connectivity index (χ3v) is 3.42. The molecule has 5 nitrogen and oxygen atoms in total. The highest BCUT2D eigenvalue weighted by Crippen LogP contribution is 2.25. The Balaban J connectivity index is 1.64. The summed E-state index contributed by atoms with van der Waals surface area (Å²) in [7, 11) is 0. The van der Waals surface area contributed by atoms with Gasteiger partial charge < -0.3 is 15.8 Å². The van der Waals surface area contributed by atoms with E-state index in [1.54, 1.807) is 6.20 Å². The van der Waals surface area contributed by atoms with E-state index >= 15 is 0 Å². The highest BCUT2D eigenvalue weighted by Gasteiger charge is 2.14. The second-order valence-corrected chi connectivity index (χ2v) is 4.75. The molecular weight excluding hydrogens is 228 g/mol. The van der Waals surface area contributed by atoms with Crippen molar-refractivity contribution in [2.75, 3.05) is 24.2 Å². The number of anilines is 2. The SMILES string of the molecule is Nc1cc2cn[nH]c2cc1NCCC1CCCO1. The minimum atomic E-state index is 0.412. The number of nitrogens with two attached hydrogens (primary N) is 1. The highest BCUT2D eigenvalue weighted by molar-refractivity contribution is 5.88. The number of ether oxygens (including phenoxy) is 1. The van der Waals surface area contributed by atoms with Gasteiger partial charge in [0.15, 0.2) is 0 Å². The molecular formula is C13H18N4O. The van der Waals surface area contributed by atoms with Crippen molar-refractivity contribution in [2.45, 2.75) is 25.4 Å². The van der Waals surface area contributed by atoms with Gasteiger partial charge in [0.25, 0.3) is 0 Å². The van der Waals surface area contributed by atoms with Crippen molar-refractivity contribution in [3.05, 3.63) is 18.3 Å². The molecule has 5 heteroatoms. The van der Waals surface area contributed by atoms with E-state index in [0.717, 1.165) is 41.9 Å². The number of aromatic nitrogens is 2. The lowest BCUT2D eigenvalue weighted by Crippen LogP contribution is -2.13. The first-order chi connectivity index (χ1) is 8.83. The fraction of sp³-hybridized carbons (Fsp3) is 0.462. The van der Waals surface area contributed by atoms with Crippen molar-refractivity contribution < 1.29 is 4.74 Å². The van der Waals surface area contributed by atoms with Crippen molar-refractivity contribution in [2.24, 2.45) is 0 Å². The normalized spacial score (nSPS) is 19.4. The summed E-state index contributed by atoms with van der Waals surface area (Å²) in [4.78, 5) is 0. The Labute approximate surface area is 106 Å². The van der Waals surface area contributed by atoms with Crippen LogP contribution in [0.2, 0.25) is 0 Å². The van der Waals surface area contributed by atoms with E-state index in [4.69, 9.17) is 10.5 Å². The van der Waals surface area contributed by atoms with Gasteiger partial charge in [0.1, 0.15) is 0 Å². The van der Waals surface area contributed by atoms with Crippen LogP contribution in [0.3, 0.4) is 0 Å². The summed E-state index contributed by atoms with van der Waals surface area (Å²) >= 11 is 0. The van der Waals surface area contributed by atoms with E-state index in [1.807, 2.05) is 12.1 Å². The predicted molar refractivity (Wildman–Crippen MR) is 72.6 cm³/mol. The third kappa shape index (κ3) is 2.26. The molecule has 2 aromatic rings. The minimum Gasteiger partial charge on any atom is -0.397 e. The molecule has 1 unspecified atom stereocenters. The van der Waals surface area contributed by atoms with Crippen LogP contribution in [0.15, 0.2) is 18.3 Å². The second-order valence-electron chi connectivity index (χ2n) is 4.75. The van der Waals surface area contributed by atoms with Crippen molar-refractivity contribution >= 4 is 22.3 Å². The van der Waals surface area contributed by atoms with Crippen LogP contribution in [0.1, 0.15) is 19.3 Å². The van der Waals surface area contributed by atoms with Gasteiger partial charge in [0, 0.05) is 18.5 Å². The molecule has 96 valence electrons. The van der Waals surface area contributed by atoms with Crippen molar-refractivity contribution in [3.8, 4) is 0 Å². The number of fused-ring (bicyclic) bond motifs is 1. The zero-order chi connectivity index (χ0) is 12.4. The number of benzene rings is 1. The van der Waals surface area contributed by atoms with Crippen molar-refractivity contribution in [1.29, 1.82) is 0 Å². The zero-order valence-electron chi connectivity index (χ0n) is 10.3. The molecule has 0 bridgehead atoms. The molecule has 1 aliphatic heterocycles. The number of nitrogens with one attached hydrogen (secondary N) is 2. The van der Waals surface area contributed by atoms with Crippen LogP contribution in [-0.4, -0.2) is 29.5 Å². The maximum absolute atomic E-state index is 6.00. The standard InChI is InChI=1S/C13H18N4O/c14-11-6-9-8-16-17-12(9)7-13(11)15-4-3-10-2-1-5-18-10/h6-8,10,15H,1-5,14H2,(H,16,17). The smallest absolute Gasteiger partial charge is 0.0672 e. The Morgan fingerprint density at radius 1 is 1.50 bits per heavy atom. The number of hydrogen-bond acceptors (Lipinski definition) is 4. The van der Waals surface area contributed by atoms with Crippen LogP contribution < -0.4 is 11.1 Å². The summed E-state index contributed by atoms with van der Waals surface area (Å²) in [5.41, 5.74) is 8.73. The second kappa shape index (κ2) is 4.86. The van der Waals surface area contributed by atoms with E-state index in [9.17, 15) is 0 Å². The highest BCUT2D eigenvalue weighted by atomic mass is 16.5. The van der Waals surface area contributed by atoms with Gasteiger partial charge in [-0.2, -0.15) is 5.10 Å². The van der Waals surface area contributed by atoms with Crippen LogP contribution in [-0.2, 0) is 4.74 Å². The molecule has 1 fully saturated rings. The molecule has 1 aromatic heterocycles. The first kappa shape index (κ1) is 11.3. The average molecular weight is 246 g/mol. The summed E-state index contributed by atoms with van der Waals surface area (Å²) in [6, 6.07) is 3.94. The number of nitrogen functional groups attached to an aromatic ring is 1. The Hall–Kier alpha value is -1.75. The summed E-state index contributed by atoms with van der Waals surface area (Å²) < 4.78 is 5.59. The molecule has 1 atom stereocenters. The van der Waals surface area contributed by atoms with Gasteiger partial charge >= 0.3 is 0 Å².